The summed E-state index contributed by atoms with van der Waals surface area (Å²) >= 11 is 1.52. The molecule has 1 fully saturated rings. The fourth-order valence-electron chi connectivity index (χ4n) is 2.72. The summed E-state index contributed by atoms with van der Waals surface area (Å²) < 4.78 is 13.5. The zero-order valence-corrected chi connectivity index (χ0v) is 15.1. The second kappa shape index (κ2) is 10.4. The first kappa shape index (κ1) is 18.8. The van der Waals surface area contributed by atoms with Gasteiger partial charge in [-0.05, 0) is 25.0 Å². The summed E-state index contributed by atoms with van der Waals surface area (Å²) in [6, 6.07) is 7.33. The Hall–Kier alpha value is -1.53. The first-order valence-corrected chi connectivity index (χ1v) is 9.39. The minimum absolute atomic E-state index is 0.156. The molecule has 1 aliphatic heterocycles. The Morgan fingerprint density at radius 2 is 2.17 bits per heavy atom. The molecule has 0 bridgehead atoms. The molecule has 1 aliphatic rings. The van der Waals surface area contributed by atoms with Crippen LogP contribution in [0.2, 0.25) is 0 Å². The molecule has 0 saturated carbocycles. The van der Waals surface area contributed by atoms with Gasteiger partial charge in [-0.3, -0.25) is 9.89 Å². The van der Waals surface area contributed by atoms with Gasteiger partial charge in [-0.15, -0.1) is 18.3 Å². The van der Waals surface area contributed by atoms with Crippen molar-refractivity contribution in [3.8, 4) is 0 Å². The molecule has 1 aromatic carbocycles. The first-order valence-electron chi connectivity index (χ1n) is 8.40. The summed E-state index contributed by atoms with van der Waals surface area (Å²) in [5, 5.41) is 6.79. The van der Waals surface area contributed by atoms with Crippen LogP contribution in [0.15, 0.2) is 46.8 Å². The highest BCUT2D eigenvalue weighted by Crippen LogP contribution is 2.20. The third-order valence-electron chi connectivity index (χ3n) is 4.03. The quantitative estimate of drug-likeness (QED) is 0.261. The third kappa shape index (κ3) is 6.17. The monoisotopic (exact) mass is 350 g/mol. The summed E-state index contributed by atoms with van der Waals surface area (Å²) in [7, 11) is 1.78. The number of halogens is 1. The van der Waals surface area contributed by atoms with E-state index >= 15 is 0 Å². The van der Waals surface area contributed by atoms with Crippen LogP contribution in [0.3, 0.4) is 0 Å². The molecule has 4 nitrogen and oxygen atoms in total. The number of nitrogens with zero attached hydrogens (tertiary/aromatic N) is 2. The van der Waals surface area contributed by atoms with Crippen molar-refractivity contribution in [3.05, 3.63) is 42.7 Å². The van der Waals surface area contributed by atoms with Crippen LogP contribution in [0, 0.1) is 5.82 Å². The predicted molar refractivity (Wildman–Crippen MR) is 101 cm³/mol. The molecule has 6 heteroatoms. The fraction of sp³-hybridized carbons (Fsp3) is 0.500. The van der Waals surface area contributed by atoms with Gasteiger partial charge in [-0.2, -0.15) is 0 Å². The van der Waals surface area contributed by atoms with E-state index in [1.54, 1.807) is 13.1 Å². The van der Waals surface area contributed by atoms with E-state index in [0.29, 0.717) is 10.9 Å². The van der Waals surface area contributed by atoms with Crippen molar-refractivity contribution in [1.82, 2.24) is 15.5 Å². The molecule has 0 aliphatic carbocycles. The van der Waals surface area contributed by atoms with E-state index in [2.05, 4.69) is 27.1 Å². The topological polar surface area (TPSA) is 39.7 Å². The first-order chi connectivity index (χ1) is 11.7. The van der Waals surface area contributed by atoms with Gasteiger partial charge in [0.2, 0.25) is 0 Å². The number of hydrogen-bond acceptors (Lipinski definition) is 3. The number of hydrogen-bond donors (Lipinski definition) is 2. The molecule has 1 heterocycles. The Kier molecular flexibility index (Phi) is 8.12. The standard InChI is InChI=1S/C18H27FN4S/c1-3-11-23-12-8-15(9-13-23)22-18(20-2)21-10-14-24-17-7-5-4-6-16(17)19/h3-7,15H,1,8-14H2,2H3,(H2,20,21,22). The minimum Gasteiger partial charge on any atom is -0.356 e. The van der Waals surface area contributed by atoms with Gasteiger partial charge in [0.1, 0.15) is 5.82 Å². The Balaban J connectivity index is 1.66. The van der Waals surface area contributed by atoms with Crippen LogP contribution >= 0.6 is 11.8 Å². The van der Waals surface area contributed by atoms with Gasteiger partial charge in [0.05, 0.1) is 0 Å². The molecule has 0 spiro atoms. The fourth-order valence-corrected chi connectivity index (χ4v) is 3.53. The molecular formula is C18H27FN4S. The summed E-state index contributed by atoms with van der Waals surface area (Å²) in [5.74, 6) is 1.46. The lowest BCUT2D eigenvalue weighted by Crippen LogP contribution is -2.49. The van der Waals surface area contributed by atoms with Crippen molar-refractivity contribution >= 4 is 17.7 Å². The third-order valence-corrected chi connectivity index (χ3v) is 5.08. The van der Waals surface area contributed by atoms with Crippen molar-refractivity contribution < 1.29 is 4.39 Å². The maximum atomic E-state index is 13.5. The number of benzene rings is 1. The average Bonchev–Trinajstić information content (AvgIpc) is 2.61. The SMILES string of the molecule is C=CCN1CCC(NC(=NC)NCCSc2ccccc2F)CC1. The molecule has 132 valence electrons. The van der Waals surface area contributed by atoms with Crippen molar-refractivity contribution in [3.63, 3.8) is 0 Å². The van der Waals surface area contributed by atoms with E-state index in [9.17, 15) is 4.39 Å². The van der Waals surface area contributed by atoms with E-state index in [1.807, 2.05) is 18.2 Å². The summed E-state index contributed by atoms with van der Waals surface area (Å²) in [5.41, 5.74) is 0. The van der Waals surface area contributed by atoms with Gasteiger partial charge in [0.25, 0.3) is 0 Å². The normalized spacial score (nSPS) is 16.8. The number of guanidine groups is 1. The Bertz CT molecular complexity index is 542. The van der Waals surface area contributed by atoms with Gasteiger partial charge in [0.15, 0.2) is 5.96 Å². The van der Waals surface area contributed by atoms with Crippen LogP contribution in [-0.4, -0.2) is 55.9 Å². The second-order valence-corrected chi connectivity index (χ2v) is 6.92. The van der Waals surface area contributed by atoms with Gasteiger partial charge in [0, 0.05) is 49.9 Å². The van der Waals surface area contributed by atoms with Gasteiger partial charge in [-0.25, -0.2) is 4.39 Å². The number of piperidine rings is 1. The van der Waals surface area contributed by atoms with E-state index in [0.717, 1.165) is 50.7 Å². The zero-order chi connectivity index (χ0) is 17.2. The van der Waals surface area contributed by atoms with Crippen LogP contribution in [-0.2, 0) is 0 Å². The van der Waals surface area contributed by atoms with Gasteiger partial charge < -0.3 is 10.6 Å². The van der Waals surface area contributed by atoms with Crippen LogP contribution < -0.4 is 10.6 Å². The maximum Gasteiger partial charge on any atom is 0.191 e. The molecule has 2 rings (SSSR count). The second-order valence-electron chi connectivity index (χ2n) is 5.79. The lowest BCUT2D eigenvalue weighted by Gasteiger charge is -2.32. The minimum atomic E-state index is -0.156. The largest absolute Gasteiger partial charge is 0.356 e. The number of nitrogens with one attached hydrogen (secondary N) is 2. The van der Waals surface area contributed by atoms with Gasteiger partial charge >= 0.3 is 0 Å². The molecule has 0 aromatic heterocycles. The summed E-state index contributed by atoms with van der Waals surface area (Å²) in [6.07, 6.45) is 4.18. The van der Waals surface area contributed by atoms with E-state index in [4.69, 9.17) is 0 Å². The lowest BCUT2D eigenvalue weighted by atomic mass is 10.1. The zero-order valence-electron chi connectivity index (χ0n) is 14.3. The number of thioether (sulfide) groups is 1. The highest BCUT2D eigenvalue weighted by molar-refractivity contribution is 7.99. The predicted octanol–water partition coefficient (Wildman–Crippen LogP) is 2.73. The Labute approximate surface area is 148 Å². The van der Waals surface area contributed by atoms with Crippen molar-refractivity contribution in [2.24, 2.45) is 4.99 Å². The van der Waals surface area contributed by atoms with E-state index < -0.39 is 0 Å². The van der Waals surface area contributed by atoms with Gasteiger partial charge in [-0.1, -0.05) is 18.2 Å². The Morgan fingerprint density at radius 1 is 1.42 bits per heavy atom. The van der Waals surface area contributed by atoms with Crippen LogP contribution in [0.1, 0.15) is 12.8 Å². The molecule has 0 atom stereocenters. The van der Waals surface area contributed by atoms with Crippen LogP contribution in [0.25, 0.3) is 0 Å². The highest BCUT2D eigenvalue weighted by Gasteiger charge is 2.18. The van der Waals surface area contributed by atoms with Crippen molar-refractivity contribution in [1.29, 1.82) is 0 Å². The number of aliphatic imine (C=N–C) groups is 1. The van der Waals surface area contributed by atoms with Crippen molar-refractivity contribution in [2.75, 3.05) is 39.0 Å². The van der Waals surface area contributed by atoms with Crippen LogP contribution in [0.4, 0.5) is 4.39 Å². The molecule has 0 unspecified atom stereocenters. The number of rotatable bonds is 7. The van der Waals surface area contributed by atoms with Crippen LogP contribution in [0.5, 0.6) is 0 Å². The summed E-state index contributed by atoms with van der Waals surface area (Å²) in [4.78, 5) is 7.38. The molecule has 0 amide bonds. The molecule has 0 radical (unpaired) electrons. The maximum absolute atomic E-state index is 13.5. The highest BCUT2D eigenvalue weighted by atomic mass is 32.2. The molecule has 1 saturated heterocycles. The molecule has 2 N–H and O–H groups in total. The summed E-state index contributed by atoms with van der Waals surface area (Å²) in [6.45, 7) is 7.68. The Morgan fingerprint density at radius 3 is 2.83 bits per heavy atom. The molecule has 24 heavy (non-hydrogen) atoms. The molecule has 1 aromatic rings. The molecular weight excluding hydrogens is 323 g/mol. The number of likely N-dealkylation sites (tertiary alicyclic amines) is 1. The average molecular weight is 351 g/mol. The lowest BCUT2D eigenvalue weighted by molar-refractivity contribution is 0.225. The smallest absolute Gasteiger partial charge is 0.191 e. The van der Waals surface area contributed by atoms with E-state index in [1.165, 1.54) is 17.8 Å². The van der Waals surface area contributed by atoms with E-state index in [-0.39, 0.29) is 5.82 Å². The van der Waals surface area contributed by atoms with Crippen molar-refractivity contribution in [2.45, 2.75) is 23.8 Å².